The number of nitrogens with two attached hydrogens (primary N) is 1. The van der Waals surface area contributed by atoms with Crippen molar-refractivity contribution < 1.29 is 4.74 Å². The zero-order chi connectivity index (χ0) is 10.7. The number of hydrogen-bond acceptors (Lipinski definition) is 4. The molecular weight excluding hydrogens is 192 g/mol. The lowest BCUT2D eigenvalue weighted by atomic mass is 10.3. The standard InChI is InChI=1S/C10H14N4O/c11-9(12)8-10(14-5-4-13-8)15-6-3-7-1-2-7/h4-5,7H,1-3,6H2,(H3,11,12). The van der Waals surface area contributed by atoms with Gasteiger partial charge in [-0.15, -0.1) is 0 Å². The van der Waals surface area contributed by atoms with Gasteiger partial charge in [-0.3, -0.25) is 5.41 Å². The lowest BCUT2D eigenvalue weighted by Gasteiger charge is -2.07. The van der Waals surface area contributed by atoms with Crippen LogP contribution in [0.15, 0.2) is 12.4 Å². The Morgan fingerprint density at radius 3 is 2.87 bits per heavy atom. The topological polar surface area (TPSA) is 84.9 Å². The summed E-state index contributed by atoms with van der Waals surface area (Å²) in [5.41, 5.74) is 5.69. The molecule has 80 valence electrons. The molecule has 0 spiro atoms. The lowest BCUT2D eigenvalue weighted by Crippen LogP contribution is -2.16. The quantitative estimate of drug-likeness (QED) is 0.554. The van der Waals surface area contributed by atoms with Crippen molar-refractivity contribution in [2.45, 2.75) is 19.3 Å². The molecule has 0 radical (unpaired) electrons. The van der Waals surface area contributed by atoms with E-state index in [0.717, 1.165) is 12.3 Å². The van der Waals surface area contributed by atoms with Crippen LogP contribution < -0.4 is 10.5 Å². The first-order valence-electron chi connectivity index (χ1n) is 5.05. The van der Waals surface area contributed by atoms with Gasteiger partial charge in [-0.25, -0.2) is 9.97 Å². The van der Waals surface area contributed by atoms with E-state index >= 15 is 0 Å². The Morgan fingerprint density at radius 1 is 1.47 bits per heavy atom. The number of nitrogen functional groups attached to an aromatic ring is 1. The van der Waals surface area contributed by atoms with Crippen LogP contribution in [0.25, 0.3) is 0 Å². The molecule has 5 nitrogen and oxygen atoms in total. The fourth-order valence-corrected chi connectivity index (χ4v) is 1.34. The van der Waals surface area contributed by atoms with Crippen molar-refractivity contribution in [2.24, 2.45) is 11.7 Å². The number of ether oxygens (including phenoxy) is 1. The Kier molecular flexibility index (Phi) is 2.80. The molecule has 15 heavy (non-hydrogen) atoms. The summed E-state index contributed by atoms with van der Waals surface area (Å²) in [6.07, 6.45) is 6.71. The molecule has 0 atom stereocenters. The molecule has 0 aliphatic heterocycles. The second kappa shape index (κ2) is 4.25. The van der Waals surface area contributed by atoms with Gasteiger partial charge in [0.05, 0.1) is 6.61 Å². The molecule has 0 unspecified atom stereocenters. The highest BCUT2D eigenvalue weighted by atomic mass is 16.5. The minimum atomic E-state index is -0.107. The Hall–Kier alpha value is -1.65. The second-order valence-electron chi connectivity index (χ2n) is 3.70. The molecule has 0 saturated heterocycles. The predicted octanol–water partition coefficient (Wildman–Crippen LogP) is 0.940. The molecule has 2 rings (SSSR count). The van der Waals surface area contributed by atoms with E-state index in [2.05, 4.69) is 9.97 Å². The second-order valence-corrected chi connectivity index (χ2v) is 3.70. The van der Waals surface area contributed by atoms with Gasteiger partial charge in [-0.1, -0.05) is 12.8 Å². The maximum Gasteiger partial charge on any atom is 0.243 e. The van der Waals surface area contributed by atoms with Crippen LogP contribution in [0.3, 0.4) is 0 Å². The van der Waals surface area contributed by atoms with Crippen molar-refractivity contribution in [1.29, 1.82) is 5.41 Å². The highest BCUT2D eigenvalue weighted by Gasteiger charge is 2.21. The van der Waals surface area contributed by atoms with E-state index in [1.807, 2.05) is 0 Å². The van der Waals surface area contributed by atoms with Crippen LogP contribution in [0.5, 0.6) is 5.88 Å². The summed E-state index contributed by atoms with van der Waals surface area (Å²) in [7, 11) is 0. The molecule has 1 aliphatic rings. The maximum atomic E-state index is 7.30. The van der Waals surface area contributed by atoms with Gasteiger partial charge in [0.2, 0.25) is 5.88 Å². The summed E-state index contributed by atoms with van der Waals surface area (Å²) in [5.74, 6) is 1.08. The third kappa shape index (κ3) is 2.65. The predicted molar refractivity (Wildman–Crippen MR) is 55.9 cm³/mol. The molecule has 1 fully saturated rings. The molecule has 1 aromatic heterocycles. The summed E-state index contributed by atoms with van der Waals surface area (Å²) in [6.45, 7) is 0.629. The summed E-state index contributed by atoms with van der Waals surface area (Å²) in [4.78, 5) is 7.97. The molecular formula is C10H14N4O. The fraction of sp³-hybridized carbons (Fsp3) is 0.500. The van der Waals surface area contributed by atoms with Gasteiger partial charge in [0.25, 0.3) is 0 Å². The van der Waals surface area contributed by atoms with E-state index in [1.54, 1.807) is 6.20 Å². The van der Waals surface area contributed by atoms with Gasteiger partial charge in [0.1, 0.15) is 5.84 Å². The van der Waals surface area contributed by atoms with Crippen LogP contribution in [0.1, 0.15) is 25.0 Å². The van der Waals surface area contributed by atoms with Gasteiger partial charge >= 0.3 is 0 Å². The van der Waals surface area contributed by atoms with Crippen LogP contribution in [-0.2, 0) is 0 Å². The van der Waals surface area contributed by atoms with E-state index in [1.165, 1.54) is 19.0 Å². The lowest BCUT2D eigenvalue weighted by molar-refractivity contribution is 0.289. The SMILES string of the molecule is N=C(N)c1nccnc1OCCC1CC1. The molecule has 0 aromatic carbocycles. The van der Waals surface area contributed by atoms with Gasteiger partial charge < -0.3 is 10.5 Å². The molecule has 0 amide bonds. The smallest absolute Gasteiger partial charge is 0.243 e. The minimum absolute atomic E-state index is 0.107. The Morgan fingerprint density at radius 2 is 2.20 bits per heavy atom. The first-order chi connectivity index (χ1) is 7.27. The number of nitrogens with one attached hydrogen (secondary N) is 1. The molecule has 1 aromatic rings. The Labute approximate surface area is 88.2 Å². The number of hydrogen-bond donors (Lipinski definition) is 2. The third-order valence-corrected chi connectivity index (χ3v) is 2.38. The van der Waals surface area contributed by atoms with Gasteiger partial charge in [-0.2, -0.15) is 0 Å². The molecule has 1 heterocycles. The van der Waals surface area contributed by atoms with Crippen molar-refractivity contribution in [3.8, 4) is 5.88 Å². The monoisotopic (exact) mass is 206 g/mol. The fourth-order valence-electron chi connectivity index (χ4n) is 1.34. The highest BCUT2D eigenvalue weighted by molar-refractivity contribution is 5.94. The average Bonchev–Trinajstić information content (AvgIpc) is 3.02. The highest BCUT2D eigenvalue weighted by Crippen LogP contribution is 2.32. The van der Waals surface area contributed by atoms with Crippen LogP contribution in [0.4, 0.5) is 0 Å². The summed E-state index contributed by atoms with van der Waals surface area (Å²) < 4.78 is 5.45. The van der Waals surface area contributed by atoms with Gasteiger partial charge in [0, 0.05) is 12.4 Å². The average molecular weight is 206 g/mol. The van der Waals surface area contributed by atoms with Crippen molar-refractivity contribution in [2.75, 3.05) is 6.61 Å². The van der Waals surface area contributed by atoms with Crippen LogP contribution in [0.2, 0.25) is 0 Å². The van der Waals surface area contributed by atoms with Crippen LogP contribution >= 0.6 is 0 Å². The van der Waals surface area contributed by atoms with Crippen molar-refractivity contribution >= 4 is 5.84 Å². The van der Waals surface area contributed by atoms with Crippen molar-refractivity contribution in [1.82, 2.24) is 9.97 Å². The third-order valence-electron chi connectivity index (χ3n) is 2.38. The van der Waals surface area contributed by atoms with E-state index in [0.29, 0.717) is 18.2 Å². The zero-order valence-corrected chi connectivity index (χ0v) is 8.44. The van der Waals surface area contributed by atoms with E-state index in [9.17, 15) is 0 Å². The number of aromatic nitrogens is 2. The van der Waals surface area contributed by atoms with Gasteiger partial charge in [-0.05, 0) is 12.3 Å². The molecule has 0 bridgehead atoms. The molecule has 3 N–H and O–H groups in total. The van der Waals surface area contributed by atoms with Gasteiger partial charge in [0.15, 0.2) is 5.69 Å². The van der Waals surface area contributed by atoms with E-state index in [-0.39, 0.29) is 5.84 Å². The summed E-state index contributed by atoms with van der Waals surface area (Å²) in [6, 6.07) is 0. The van der Waals surface area contributed by atoms with Crippen molar-refractivity contribution in [3.63, 3.8) is 0 Å². The summed E-state index contributed by atoms with van der Waals surface area (Å²) >= 11 is 0. The molecule has 5 heteroatoms. The van der Waals surface area contributed by atoms with Crippen molar-refractivity contribution in [3.05, 3.63) is 18.1 Å². The number of rotatable bonds is 5. The Bertz CT molecular complexity index is 362. The maximum absolute atomic E-state index is 7.30. The first kappa shape index (κ1) is 9.89. The van der Waals surface area contributed by atoms with E-state index < -0.39 is 0 Å². The number of amidine groups is 1. The molecule has 1 saturated carbocycles. The summed E-state index contributed by atoms with van der Waals surface area (Å²) in [5, 5.41) is 7.30. The van der Waals surface area contributed by atoms with E-state index in [4.69, 9.17) is 15.9 Å². The zero-order valence-electron chi connectivity index (χ0n) is 8.44. The first-order valence-corrected chi connectivity index (χ1v) is 5.05. The Balaban J connectivity index is 1.95. The minimum Gasteiger partial charge on any atom is -0.476 e. The normalized spacial score (nSPS) is 14.9. The number of nitrogens with zero attached hydrogens (tertiary/aromatic N) is 2. The largest absolute Gasteiger partial charge is 0.476 e. The molecule has 1 aliphatic carbocycles. The van der Waals surface area contributed by atoms with Crippen LogP contribution in [0, 0.1) is 11.3 Å². The van der Waals surface area contributed by atoms with Crippen LogP contribution in [-0.4, -0.2) is 22.4 Å².